The predicted octanol–water partition coefficient (Wildman–Crippen LogP) is 2.59. The Morgan fingerprint density at radius 3 is 2.44 bits per heavy atom. The van der Waals surface area contributed by atoms with Crippen LogP contribution in [0.25, 0.3) is 0 Å². The number of nitrogens with zero attached hydrogens (tertiary/aromatic N) is 1. The highest BCUT2D eigenvalue weighted by Crippen LogP contribution is 2.41. The van der Waals surface area contributed by atoms with Crippen LogP contribution in [-0.4, -0.2) is 34.6 Å². The summed E-state index contributed by atoms with van der Waals surface area (Å²) in [6.45, 7) is 0. The molecule has 0 saturated carbocycles. The van der Waals surface area contributed by atoms with Gasteiger partial charge in [0.05, 0.1) is 24.8 Å². The largest absolute Gasteiger partial charge is 0.496 e. The van der Waals surface area contributed by atoms with Crippen LogP contribution < -0.4 is 9.04 Å². The average molecular weight is 473 g/mol. The van der Waals surface area contributed by atoms with E-state index in [4.69, 9.17) is 9.47 Å². The molecule has 0 fully saturated rings. The van der Waals surface area contributed by atoms with Gasteiger partial charge in [-0.15, -0.1) is 0 Å². The second kappa shape index (κ2) is 6.83. The van der Waals surface area contributed by atoms with Gasteiger partial charge in [-0.25, -0.2) is 13.2 Å². The Morgan fingerprint density at radius 2 is 1.84 bits per heavy atom. The zero-order chi connectivity index (χ0) is 18.2. The molecule has 8 heteroatoms. The normalized spacial score (nSPS) is 16.4. The van der Waals surface area contributed by atoms with Crippen molar-refractivity contribution < 1.29 is 22.7 Å². The van der Waals surface area contributed by atoms with E-state index < -0.39 is 22.0 Å². The van der Waals surface area contributed by atoms with Gasteiger partial charge in [0.15, 0.2) is 0 Å². The average Bonchev–Trinajstić information content (AvgIpc) is 3.01. The molecule has 1 aliphatic rings. The summed E-state index contributed by atoms with van der Waals surface area (Å²) in [6.07, 6.45) is 0.204. The lowest BCUT2D eigenvalue weighted by Crippen LogP contribution is -2.43. The van der Waals surface area contributed by atoms with Crippen LogP contribution in [0.1, 0.15) is 5.56 Å². The molecule has 0 bridgehead atoms. The Balaban J connectivity index is 2.17. The number of rotatable bonds is 4. The number of esters is 1. The minimum Gasteiger partial charge on any atom is -0.496 e. The Morgan fingerprint density at radius 1 is 1.16 bits per heavy atom. The Labute approximate surface area is 159 Å². The molecule has 132 valence electrons. The molecule has 0 radical (unpaired) electrons. The zero-order valence-corrected chi connectivity index (χ0v) is 16.6. The van der Waals surface area contributed by atoms with Crippen molar-refractivity contribution in [3.05, 3.63) is 51.6 Å². The number of methoxy groups -OCH3 is 2. The standard InChI is InChI=1S/C17H16INO5S/c1-23-16-5-3-4-14-13(16)10-15(17(20)24-2)19(14)25(21,22)12-8-6-11(18)7-9-12/h3-9,15H,10H2,1-2H3. The van der Waals surface area contributed by atoms with Crippen LogP contribution >= 0.6 is 22.6 Å². The SMILES string of the molecule is COC(=O)C1Cc2c(OC)cccc2N1S(=O)(=O)c1ccc(I)cc1. The van der Waals surface area contributed by atoms with Crippen LogP contribution in [0.15, 0.2) is 47.4 Å². The summed E-state index contributed by atoms with van der Waals surface area (Å²) in [5.74, 6) is -0.0564. The molecule has 1 atom stereocenters. The number of benzene rings is 2. The highest BCUT2D eigenvalue weighted by Gasteiger charge is 2.44. The van der Waals surface area contributed by atoms with Gasteiger partial charge >= 0.3 is 5.97 Å². The highest BCUT2D eigenvalue weighted by molar-refractivity contribution is 14.1. The molecule has 0 amide bonds. The second-order valence-corrected chi connectivity index (χ2v) is 8.52. The van der Waals surface area contributed by atoms with Gasteiger partial charge in [-0.2, -0.15) is 0 Å². The lowest BCUT2D eigenvalue weighted by atomic mass is 10.1. The molecular formula is C17H16INO5S. The fourth-order valence-electron chi connectivity index (χ4n) is 2.93. The van der Waals surface area contributed by atoms with Crippen LogP contribution in [-0.2, 0) is 26.0 Å². The van der Waals surface area contributed by atoms with E-state index in [1.807, 2.05) is 0 Å². The second-order valence-electron chi connectivity index (χ2n) is 5.46. The van der Waals surface area contributed by atoms with Crippen molar-refractivity contribution in [3.63, 3.8) is 0 Å². The predicted molar refractivity (Wildman–Crippen MR) is 101 cm³/mol. The number of halogens is 1. The summed E-state index contributed by atoms with van der Waals surface area (Å²) in [7, 11) is -1.16. The molecule has 0 aliphatic carbocycles. The third-order valence-electron chi connectivity index (χ3n) is 4.09. The van der Waals surface area contributed by atoms with E-state index in [9.17, 15) is 13.2 Å². The fraction of sp³-hybridized carbons (Fsp3) is 0.235. The third kappa shape index (κ3) is 3.08. The summed E-state index contributed by atoms with van der Waals surface area (Å²) in [4.78, 5) is 12.4. The number of ether oxygens (including phenoxy) is 2. The molecule has 1 heterocycles. The number of hydrogen-bond acceptors (Lipinski definition) is 5. The van der Waals surface area contributed by atoms with E-state index in [1.165, 1.54) is 26.4 Å². The molecule has 0 saturated heterocycles. The van der Waals surface area contributed by atoms with Crippen molar-refractivity contribution in [2.75, 3.05) is 18.5 Å². The summed E-state index contributed by atoms with van der Waals surface area (Å²) < 4.78 is 38.6. The number of sulfonamides is 1. The number of carbonyl (C=O) groups excluding carboxylic acids is 1. The molecule has 0 N–H and O–H groups in total. The maximum atomic E-state index is 13.2. The molecule has 2 aromatic rings. The number of fused-ring (bicyclic) bond motifs is 1. The van der Waals surface area contributed by atoms with E-state index in [0.717, 1.165) is 7.88 Å². The first-order chi connectivity index (χ1) is 11.9. The van der Waals surface area contributed by atoms with Gasteiger partial charge < -0.3 is 9.47 Å². The minimum absolute atomic E-state index is 0.123. The van der Waals surface area contributed by atoms with Gasteiger partial charge in [-0.05, 0) is 59.0 Å². The zero-order valence-electron chi connectivity index (χ0n) is 13.6. The summed E-state index contributed by atoms with van der Waals surface area (Å²) >= 11 is 2.10. The maximum Gasteiger partial charge on any atom is 0.330 e. The first-order valence-corrected chi connectivity index (χ1v) is 9.95. The molecule has 1 unspecified atom stereocenters. The third-order valence-corrected chi connectivity index (χ3v) is 6.65. The van der Waals surface area contributed by atoms with E-state index >= 15 is 0 Å². The van der Waals surface area contributed by atoms with Crippen molar-refractivity contribution in [1.29, 1.82) is 0 Å². The van der Waals surface area contributed by atoms with Gasteiger partial charge in [0.2, 0.25) is 0 Å². The minimum atomic E-state index is -3.92. The van der Waals surface area contributed by atoms with E-state index in [0.29, 0.717) is 17.0 Å². The smallest absolute Gasteiger partial charge is 0.330 e. The van der Waals surface area contributed by atoms with Gasteiger partial charge in [-0.3, -0.25) is 4.31 Å². The molecule has 2 aromatic carbocycles. The maximum absolute atomic E-state index is 13.2. The van der Waals surface area contributed by atoms with Gasteiger partial charge in [0, 0.05) is 15.6 Å². The molecule has 0 spiro atoms. The summed E-state index contributed by atoms with van der Waals surface area (Å²) in [5.41, 5.74) is 1.11. The van der Waals surface area contributed by atoms with Crippen LogP contribution in [0, 0.1) is 3.57 Å². The van der Waals surface area contributed by atoms with Gasteiger partial charge in [-0.1, -0.05) is 6.07 Å². The van der Waals surface area contributed by atoms with Gasteiger partial charge in [0.1, 0.15) is 11.8 Å². The Kier molecular flexibility index (Phi) is 4.92. The van der Waals surface area contributed by atoms with Crippen LogP contribution in [0.3, 0.4) is 0 Å². The van der Waals surface area contributed by atoms with Crippen LogP contribution in [0.5, 0.6) is 5.75 Å². The van der Waals surface area contributed by atoms with Crippen molar-refractivity contribution in [2.24, 2.45) is 0 Å². The van der Waals surface area contributed by atoms with E-state index in [-0.39, 0.29) is 11.3 Å². The molecule has 1 aliphatic heterocycles. The van der Waals surface area contributed by atoms with Crippen LogP contribution in [0.4, 0.5) is 5.69 Å². The lowest BCUT2D eigenvalue weighted by molar-refractivity contribution is -0.141. The van der Waals surface area contributed by atoms with Crippen molar-refractivity contribution >= 4 is 44.3 Å². The first-order valence-electron chi connectivity index (χ1n) is 7.44. The number of carbonyl (C=O) groups is 1. The van der Waals surface area contributed by atoms with Crippen molar-refractivity contribution in [3.8, 4) is 5.75 Å². The quantitative estimate of drug-likeness (QED) is 0.505. The lowest BCUT2D eigenvalue weighted by Gasteiger charge is -2.25. The molecule has 0 aromatic heterocycles. The van der Waals surface area contributed by atoms with E-state index in [2.05, 4.69) is 22.6 Å². The molecule has 25 heavy (non-hydrogen) atoms. The van der Waals surface area contributed by atoms with Crippen molar-refractivity contribution in [2.45, 2.75) is 17.4 Å². The first kappa shape index (κ1) is 18.0. The topological polar surface area (TPSA) is 72.9 Å². The van der Waals surface area contributed by atoms with E-state index in [1.54, 1.807) is 30.3 Å². The highest BCUT2D eigenvalue weighted by atomic mass is 127. The Bertz CT molecular complexity index is 911. The summed E-state index contributed by atoms with van der Waals surface area (Å²) in [6, 6.07) is 10.6. The molecule has 6 nitrogen and oxygen atoms in total. The van der Waals surface area contributed by atoms with Crippen molar-refractivity contribution in [1.82, 2.24) is 0 Å². The van der Waals surface area contributed by atoms with Crippen LogP contribution in [0.2, 0.25) is 0 Å². The number of anilines is 1. The monoisotopic (exact) mass is 473 g/mol. The fourth-order valence-corrected chi connectivity index (χ4v) is 4.93. The summed E-state index contributed by atoms with van der Waals surface area (Å²) in [5, 5.41) is 0. The number of hydrogen-bond donors (Lipinski definition) is 0. The molecule has 3 rings (SSSR count). The Hall–Kier alpha value is -1.81. The van der Waals surface area contributed by atoms with Gasteiger partial charge in [0.25, 0.3) is 10.0 Å². The molecular weight excluding hydrogens is 457 g/mol.